The van der Waals surface area contributed by atoms with Gasteiger partial charge >= 0.3 is 6.03 Å². The third-order valence-electron chi connectivity index (χ3n) is 7.13. The van der Waals surface area contributed by atoms with Crippen LogP contribution in [0.4, 0.5) is 27.5 Å². The molecule has 8 heteroatoms. The minimum Gasteiger partial charge on any atom is -0.506 e. The number of nitrogens with zero attached hydrogens (tertiary/aromatic N) is 3. The van der Waals surface area contributed by atoms with Crippen molar-refractivity contribution in [1.82, 2.24) is 5.32 Å². The summed E-state index contributed by atoms with van der Waals surface area (Å²) in [6.45, 7) is 1.99. The molecule has 0 fully saturated rings. The number of carbonyl (C=O) groups is 2. The monoisotopic (exact) mass is 571 g/mol. The summed E-state index contributed by atoms with van der Waals surface area (Å²) in [5, 5.41) is 25.3. The molecule has 0 aromatic heterocycles. The maximum absolute atomic E-state index is 12.8. The lowest BCUT2D eigenvalue weighted by Gasteiger charge is -2.12. The number of nitrogens with one attached hydrogen (secondary N) is 2. The Morgan fingerprint density at radius 3 is 2.07 bits per heavy atom. The van der Waals surface area contributed by atoms with Crippen LogP contribution in [-0.4, -0.2) is 31.1 Å². The Morgan fingerprint density at radius 1 is 0.767 bits per heavy atom. The summed E-state index contributed by atoms with van der Waals surface area (Å²) in [6.07, 6.45) is 1.79. The molecule has 0 saturated heterocycles. The first-order valence-corrected chi connectivity index (χ1v) is 14.0. The molecule has 3 N–H and O–H groups in total. The van der Waals surface area contributed by atoms with Crippen LogP contribution < -0.4 is 15.5 Å². The Morgan fingerprint density at radius 2 is 1.42 bits per heavy atom. The number of amides is 3. The van der Waals surface area contributed by atoms with Crippen molar-refractivity contribution < 1.29 is 14.7 Å². The first-order valence-electron chi connectivity index (χ1n) is 14.0. The van der Waals surface area contributed by atoms with Crippen LogP contribution in [0.25, 0.3) is 10.8 Å². The Bertz CT molecular complexity index is 1780. The minimum absolute atomic E-state index is 0.0235. The van der Waals surface area contributed by atoms with Crippen molar-refractivity contribution in [3.05, 3.63) is 125 Å². The van der Waals surface area contributed by atoms with E-state index in [1.54, 1.807) is 24.3 Å². The molecule has 43 heavy (non-hydrogen) atoms. The molecule has 5 rings (SSSR count). The second-order valence-corrected chi connectivity index (χ2v) is 10.6. The van der Waals surface area contributed by atoms with Crippen LogP contribution in [0.15, 0.2) is 113 Å². The number of urea groups is 1. The smallest absolute Gasteiger partial charge is 0.326 e. The van der Waals surface area contributed by atoms with E-state index in [4.69, 9.17) is 0 Å². The average molecular weight is 572 g/mol. The van der Waals surface area contributed by atoms with Gasteiger partial charge in [0.25, 0.3) is 5.91 Å². The van der Waals surface area contributed by atoms with E-state index in [2.05, 4.69) is 50.0 Å². The molecule has 5 aromatic rings. The number of azo groups is 1. The SMILES string of the molecule is Cc1ccc(N=Nc2c(O)ccc3cc(C(=O)NC(=O)Nc4ccc(CCc5ccc(N(C)C)cc5)cc4)ccc23)cc1. The third kappa shape index (κ3) is 7.42. The molecule has 216 valence electrons. The highest BCUT2D eigenvalue weighted by Crippen LogP contribution is 2.36. The molecule has 0 unspecified atom stereocenters. The number of fused-ring (bicyclic) bond motifs is 1. The summed E-state index contributed by atoms with van der Waals surface area (Å²) in [5.74, 6) is -0.572. The largest absolute Gasteiger partial charge is 0.506 e. The number of hydrogen-bond acceptors (Lipinski definition) is 6. The molecule has 0 bridgehead atoms. The van der Waals surface area contributed by atoms with Gasteiger partial charge in [0.15, 0.2) is 0 Å². The fourth-order valence-corrected chi connectivity index (χ4v) is 4.61. The molecular weight excluding hydrogens is 538 g/mol. The summed E-state index contributed by atoms with van der Waals surface area (Å²) in [5.41, 5.74) is 6.53. The Hall–Kier alpha value is -5.50. The van der Waals surface area contributed by atoms with Gasteiger partial charge in [-0.1, -0.05) is 54.1 Å². The van der Waals surface area contributed by atoms with Gasteiger partial charge in [-0.25, -0.2) is 4.79 Å². The van der Waals surface area contributed by atoms with Crippen molar-refractivity contribution in [2.24, 2.45) is 10.2 Å². The van der Waals surface area contributed by atoms with Crippen molar-refractivity contribution in [3.63, 3.8) is 0 Å². The van der Waals surface area contributed by atoms with Crippen molar-refractivity contribution in [3.8, 4) is 5.75 Å². The Kier molecular flexibility index (Phi) is 8.77. The standard InChI is InChI=1S/C35H33N5O3/c1-23-4-14-29(15-5-23)38-39-33-31-20-12-27(22-26(31)13-21-32(33)41)34(42)37-35(43)36-28-16-8-24(9-17-28)6-7-25-10-18-30(19-11-25)40(2)3/h4-5,8-22,41H,6-7H2,1-3H3,(H2,36,37,42,43). The number of rotatable bonds is 8. The highest BCUT2D eigenvalue weighted by atomic mass is 16.3. The van der Waals surface area contributed by atoms with Gasteiger partial charge in [-0.15, -0.1) is 5.11 Å². The van der Waals surface area contributed by atoms with Gasteiger partial charge in [0.1, 0.15) is 11.4 Å². The number of benzene rings is 5. The normalized spacial score (nSPS) is 11.0. The Balaban J connectivity index is 1.18. The predicted molar refractivity (Wildman–Crippen MR) is 172 cm³/mol. The van der Waals surface area contributed by atoms with Crippen LogP contribution in [0.3, 0.4) is 0 Å². The zero-order valence-electron chi connectivity index (χ0n) is 24.3. The zero-order chi connectivity index (χ0) is 30.3. The lowest BCUT2D eigenvalue weighted by atomic mass is 10.0. The van der Waals surface area contributed by atoms with E-state index < -0.39 is 11.9 Å². The van der Waals surface area contributed by atoms with Crippen molar-refractivity contribution in [2.45, 2.75) is 19.8 Å². The molecule has 0 aliphatic carbocycles. The van der Waals surface area contributed by atoms with E-state index in [1.807, 2.05) is 69.6 Å². The molecule has 0 radical (unpaired) electrons. The second-order valence-electron chi connectivity index (χ2n) is 10.6. The van der Waals surface area contributed by atoms with Gasteiger partial charge in [0.2, 0.25) is 0 Å². The molecule has 0 heterocycles. The summed E-state index contributed by atoms with van der Waals surface area (Å²) < 4.78 is 0. The first kappa shape index (κ1) is 29.0. The molecule has 0 spiro atoms. The number of phenols is 1. The van der Waals surface area contributed by atoms with Crippen LogP contribution in [0.1, 0.15) is 27.0 Å². The van der Waals surface area contributed by atoms with Crippen molar-refractivity contribution >= 4 is 45.5 Å². The zero-order valence-corrected chi connectivity index (χ0v) is 24.3. The van der Waals surface area contributed by atoms with E-state index in [0.29, 0.717) is 33.4 Å². The molecule has 3 amide bonds. The van der Waals surface area contributed by atoms with E-state index in [1.165, 1.54) is 17.3 Å². The van der Waals surface area contributed by atoms with Crippen LogP contribution in [0.2, 0.25) is 0 Å². The van der Waals surface area contributed by atoms with Crippen LogP contribution in [0.5, 0.6) is 5.75 Å². The number of hydrogen-bond donors (Lipinski definition) is 3. The second kappa shape index (κ2) is 13.0. The molecule has 0 aliphatic rings. The van der Waals surface area contributed by atoms with Crippen molar-refractivity contribution in [2.75, 3.05) is 24.3 Å². The van der Waals surface area contributed by atoms with Crippen LogP contribution >= 0.6 is 0 Å². The minimum atomic E-state index is -0.628. The number of aryl methyl sites for hydroxylation is 3. The van der Waals surface area contributed by atoms with Gasteiger partial charge in [0.05, 0.1) is 5.69 Å². The lowest BCUT2D eigenvalue weighted by molar-refractivity contribution is 0.0967. The molecule has 0 aliphatic heterocycles. The molecule has 8 nitrogen and oxygen atoms in total. The average Bonchev–Trinajstić information content (AvgIpc) is 3.01. The summed E-state index contributed by atoms with van der Waals surface area (Å²) in [6, 6.07) is 31.1. The maximum Gasteiger partial charge on any atom is 0.326 e. The lowest BCUT2D eigenvalue weighted by Crippen LogP contribution is -2.34. The van der Waals surface area contributed by atoms with Gasteiger partial charge in [-0.2, -0.15) is 5.11 Å². The third-order valence-corrected chi connectivity index (χ3v) is 7.13. The number of anilines is 2. The van der Waals surface area contributed by atoms with Gasteiger partial charge in [0, 0.05) is 36.4 Å². The number of imide groups is 1. The summed E-state index contributed by atoms with van der Waals surface area (Å²) in [4.78, 5) is 27.5. The highest BCUT2D eigenvalue weighted by Gasteiger charge is 2.14. The number of phenolic OH excluding ortho intramolecular Hbond substituents is 1. The van der Waals surface area contributed by atoms with Gasteiger partial charge in [-0.3, -0.25) is 10.1 Å². The molecular formula is C35H33N5O3. The summed E-state index contributed by atoms with van der Waals surface area (Å²) in [7, 11) is 4.05. The van der Waals surface area contributed by atoms with E-state index in [9.17, 15) is 14.7 Å². The number of carbonyl (C=O) groups excluding carboxylic acids is 2. The predicted octanol–water partition coefficient (Wildman–Crippen LogP) is 8.08. The number of aromatic hydroxyl groups is 1. The van der Waals surface area contributed by atoms with Gasteiger partial charge in [-0.05, 0) is 90.9 Å². The topological polar surface area (TPSA) is 106 Å². The van der Waals surface area contributed by atoms with Crippen molar-refractivity contribution in [1.29, 1.82) is 0 Å². The van der Waals surface area contributed by atoms with E-state index >= 15 is 0 Å². The van der Waals surface area contributed by atoms with E-state index in [-0.39, 0.29) is 5.75 Å². The van der Waals surface area contributed by atoms with E-state index in [0.717, 1.165) is 24.0 Å². The molecule has 5 aromatic carbocycles. The quantitative estimate of drug-likeness (QED) is 0.164. The fraction of sp³-hybridized carbons (Fsp3) is 0.143. The van der Waals surface area contributed by atoms with Gasteiger partial charge < -0.3 is 15.3 Å². The first-order chi connectivity index (χ1) is 20.7. The maximum atomic E-state index is 12.8. The summed E-state index contributed by atoms with van der Waals surface area (Å²) >= 11 is 0. The fourth-order valence-electron chi connectivity index (χ4n) is 4.61. The highest BCUT2D eigenvalue weighted by molar-refractivity contribution is 6.10. The van der Waals surface area contributed by atoms with Crippen LogP contribution in [-0.2, 0) is 12.8 Å². The van der Waals surface area contributed by atoms with Crippen LogP contribution in [0, 0.1) is 6.92 Å². The molecule has 0 atom stereocenters. The molecule has 0 saturated carbocycles. The Labute approximate surface area is 250 Å².